The Hall–Kier alpha value is -2.61. The summed E-state index contributed by atoms with van der Waals surface area (Å²) in [5.74, 6) is 0.764. The number of piperidine rings is 1. The van der Waals surface area contributed by atoms with Crippen molar-refractivity contribution in [3.63, 3.8) is 0 Å². The maximum Gasteiger partial charge on any atom is 0.319 e. The Morgan fingerprint density at radius 1 is 1.23 bits per heavy atom. The molecule has 2 N–H and O–H groups in total. The summed E-state index contributed by atoms with van der Waals surface area (Å²) in [7, 11) is 0. The molecule has 3 heterocycles. The van der Waals surface area contributed by atoms with Crippen LogP contribution in [0.3, 0.4) is 0 Å². The SMILES string of the molecule is CC(C)OCC(=O)N1CCC(CCCCNC(=O)Nc2ccc3nccn3c2)CC1. The van der Waals surface area contributed by atoms with Crippen molar-refractivity contribution < 1.29 is 14.3 Å². The van der Waals surface area contributed by atoms with Gasteiger partial charge in [-0.25, -0.2) is 9.78 Å². The van der Waals surface area contributed by atoms with Gasteiger partial charge in [0, 0.05) is 38.2 Å². The van der Waals surface area contributed by atoms with Crippen molar-refractivity contribution in [2.75, 3.05) is 31.6 Å². The van der Waals surface area contributed by atoms with E-state index in [-0.39, 0.29) is 24.6 Å². The number of hydrogen-bond acceptors (Lipinski definition) is 4. The number of likely N-dealkylation sites (tertiary alicyclic amines) is 1. The maximum atomic E-state index is 12.1. The molecule has 0 radical (unpaired) electrons. The highest BCUT2D eigenvalue weighted by atomic mass is 16.5. The number of rotatable bonds is 9. The molecular weight excluding hydrogens is 382 g/mol. The summed E-state index contributed by atoms with van der Waals surface area (Å²) in [5.41, 5.74) is 1.58. The fraction of sp³-hybridized carbons (Fsp3) is 0.591. The van der Waals surface area contributed by atoms with Gasteiger partial charge in [-0.1, -0.05) is 12.8 Å². The van der Waals surface area contributed by atoms with Gasteiger partial charge < -0.3 is 24.7 Å². The number of urea groups is 1. The van der Waals surface area contributed by atoms with Gasteiger partial charge in [0.05, 0.1) is 11.8 Å². The quantitative estimate of drug-likeness (QED) is 0.615. The Kier molecular flexibility index (Phi) is 8.07. The van der Waals surface area contributed by atoms with Crippen LogP contribution >= 0.6 is 0 Å². The fourth-order valence-corrected chi connectivity index (χ4v) is 3.73. The summed E-state index contributed by atoms with van der Waals surface area (Å²) in [6.07, 6.45) is 10.8. The van der Waals surface area contributed by atoms with Gasteiger partial charge in [-0.3, -0.25) is 4.79 Å². The summed E-state index contributed by atoms with van der Waals surface area (Å²) in [4.78, 5) is 30.3. The molecule has 3 amide bonds. The van der Waals surface area contributed by atoms with Crippen molar-refractivity contribution in [2.24, 2.45) is 5.92 Å². The first kappa shape index (κ1) is 22.1. The van der Waals surface area contributed by atoms with Crippen LogP contribution in [0.2, 0.25) is 0 Å². The lowest BCUT2D eigenvalue weighted by molar-refractivity contribution is -0.139. The number of carbonyl (C=O) groups excluding carboxylic acids is 2. The van der Waals surface area contributed by atoms with E-state index >= 15 is 0 Å². The van der Waals surface area contributed by atoms with Crippen LogP contribution in [0.5, 0.6) is 0 Å². The number of unbranched alkanes of at least 4 members (excludes halogenated alkanes) is 1. The van der Waals surface area contributed by atoms with Crippen molar-refractivity contribution >= 4 is 23.3 Å². The largest absolute Gasteiger partial charge is 0.369 e. The summed E-state index contributed by atoms with van der Waals surface area (Å²) < 4.78 is 7.28. The number of aromatic nitrogens is 2. The zero-order valence-electron chi connectivity index (χ0n) is 18.0. The number of nitrogens with zero attached hydrogens (tertiary/aromatic N) is 3. The summed E-state index contributed by atoms with van der Waals surface area (Å²) >= 11 is 0. The predicted octanol–water partition coefficient (Wildman–Crippen LogP) is 3.29. The number of nitrogens with one attached hydrogen (secondary N) is 2. The zero-order chi connectivity index (χ0) is 21.3. The van der Waals surface area contributed by atoms with E-state index in [2.05, 4.69) is 15.6 Å². The fourth-order valence-electron chi connectivity index (χ4n) is 3.73. The van der Waals surface area contributed by atoms with Gasteiger partial charge in [-0.05, 0) is 51.2 Å². The Balaban J connectivity index is 1.25. The number of hydrogen-bond donors (Lipinski definition) is 2. The molecule has 0 aliphatic carbocycles. The number of pyridine rings is 1. The topological polar surface area (TPSA) is 88.0 Å². The second-order valence-electron chi connectivity index (χ2n) is 8.17. The maximum absolute atomic E-state index is 12.1. The van der Waals surface area contributed by atoms with E-state index in [1.807, 2.05) is 47.7 Å². The van der Waals surface area contributed by atoms with Crippen LogP contribution in [0.4, 0.5) is 10.5 Å². The van der Waals surface area contributed by atoms with Crippen molar-refractivity contribution in [2.45, 2.75) is 52.1 Å². The first-order valence-electron chi connectivity index (χ1n) is 10.9. The molecule has 2 aromatic rings. The molecule has 8 heteroatoms. The van der Waals surface area contributed by atoms with Crippen LogP contribution in [-0.4, -0.2) is 58.6 Å². The Morgan fingerprint density at radius 2 is 2.03 bits per heavy atom. The number of carbonyl (C=O) groups is 2. The minimum Gasteiger partial charge on any atom is -0.369 e. The van der Waals surface area contributed by atoms with Crippen molar-refractivity contribution in [3.8, 4) is 0 Å². The van der Waals surface area contributed by atoms with Crippen molar-refractivity contribution in [3.05, 3.63) is 30.7 Å². The first-order valence-corrected chi connectivity index (χ1v) is 10.9. The molecule has 0 aromatic carbocycles. The lowest BCUT2D eigenvalue weighted by Gasteiger charge is -2.32. The monoisotopic (exact) mass is 415 g/mol. The Labute approximate surface area is 178 Å². The third-order valence-electron chi connectivity index (χ3n) is 5.48. The van der Waals surface area contributed by atoms with E-state index in [1.54, 1.807) is 6.20 Å². The molecular formula is C22H33N5O3. The molecule has 0 saturated carbocycles. The number of imidazole rings is 1. The standard InChI is InChI=1S/C22H33N5O3/c1-17(2)30-16-21(28)26-12-8-18(9-13-26)5-3-4-10-24-22(29)25-19-6-7-20-23-11-14-27(20)15-19/h6-7,11,14-15,17-18H,3-5,8-10,12-13,16H2,1-2H3,(H2,24,25,29). The summed E-state index contributed by atoms with van der Waals surface area (Å²) in [6.45, 7) is 6.38. The van der Waals surface area contributed by atoms with Crippen molar-refractivity contribution in [1.82, 2.24) is 19.6 Å². The van der Waals surface area contributed by atoms with Gasteiger partial charge in [0.2, 0.25) is 5.91 Å². The molecule has 0 spiro atoms. The minimum absolute atomic E-state index is 0.0857. The molecule has 1 aliphatic rings. The number of anilines is 1. The van der Waals surface area contributed by atoms with Gasteiger partial charge in [-0.2, -0.15) is 0 Å². The summed E-state index contributed by atoms with van der Waals surface area (Å²) in [5, 5.41) is 5.76. The van der Waals surface area contributed by atoms with Crippen LogP contribution in [0.15, 0.2) is 30.7 Å². The Bertz CT molecular complexity index is 827. The highest BCUT2D eigenvalue weighted by Crippen LogP contribution is 2.22. The highest BCUT2D eigenvalue weighted by molar-refractivity contribution is 5.89. The molecule has 0 unspecified atom stereocenters. The van der Waals surface area contributed by atoms with Crippen molar-refractivity contribution in [1.29, 1.82) is 0 Å². The van der Waals surface area contributed by atoms with Gasteiger partial charge in [0.1, 0.15) is 12.3 Å². The normalized spacial score (nSPS) is 15.0. The van der Waals surface area contributed by atoms with Crippen LogP contribution in [0.1, 0.15) is 46.0 Å². The van der Waals surface area contributed by atoms with Crippen LogP contribution < -0.4 is 10.6 Å². The number of fused-ring (bicyclic) bond motifs is 1. The predicted molar refractivity (Wildman–Crippen MR) is 116 cm³/mol. The zero-order valence-corrected chi connectivity index (χ0v) is 18.0. The van der Waals surface area contributed by atoms with Crippen LogP contribution in [0, 0.1) is 5.92 Å². The molecule has 1 saturated heterocycles. The molecule has 1 aliphatic heterocycles. The van der Waals surface area contributed by atoms with E-state index in [0.717, 1.165) is 56.5 Å². The second kappa shape index (κ2) is 11.0. The molecule has 164 valence electrons. The second-order valence-corrected chi connectivity index (χ2v) is 8.17. The summed E-state index contributed by atoms with van der Waals surface area (Å²) in [6, 6.07) is 3.52. The number of ether oxygens (including phenoxy) is 1. The number of amides is 3. The Morgan fingerprint density at radius 3 is 2.80 bits per heavy atom. The molecule has 3 rings (SSSR count). The molecule has 0 bridgehead atoms. The molecule has 0 atom stereocenters. The highest BCUT2D eigenvalue weighted by Gasteiger charge is 2.22. The first-order chi connectivity index (χ1) is 14.5. The van der Waals surface area contributed by atoms with E-state index in [0.29, 0.717) is 12.5 Å². The smallest absolute Gasteiger partial charge is 0.319 e. The van der Waals surface area contributed by atoms with Crippen LogP contribution in [0.25, 0.3) is 5.65 Å². The third-order valence-corrected chi connectivity index (χ3v) is 5.48. The molecule has 2 aromatic heterocycles. The van der Waals surface area contributed by atoms with Gasteiger partial charge in [0.25, 0.3) is 0 Å². The van der Waals surface area contributed by atoms with E-state index in [4.69, 9.17) is 4.74 Å². The van der Waals surface area contributed by atoms with Crippen LogP contribution in [-0.2, 0) is 9.53 Å². The average molecular weight is 416 g/mol. The third kappa shape index (κ3) is 6.73. The lowest BCUT2D eigenvalue weighted by atomic mass is 9.91. The molecule has 8 nitrogen and oxygen atoms in total. The molecule has 30 heavy (non-hydrogen) atoms. The minimum atomic E-state index is -0.190. The van der Waals surface area contributed by atoms with Gasteiger partial charge >= 0.3 is 6.03 Å². The van der Waals surface area contributed by atoms with Gasteiger partial charge in [-0.15, -0.1) is 0 Å². The van der Waals surface area contributed by atoms with Gasteiger partial charge in [0.15, 0.2) is 0 Å². The molecule has 1 fully saturated rings. The van der Waals surface area contributed by atoms with E-state index in [9.17, 15) is 9.59 Å². The van der Waals surface area contributed by atoms with E-state index < -0.39 is 0 Å². The van der Waals surface area contributed by atoms with E-state index in [1.165, 1.54) is 0 Å². The average Bonchev–Trinajstić information content (AvgIpc) is 3.20. The lowest BCUT2D eigenvalue weighted by Crippen LogP contribution is -2.40.